The molecule has 3 nitrogen and oxygen atoms in total. The Morgan fingerprint density at radius 1 is 1.00 bits per heavy atom. The second-order valence-corrected chi connectivity index (χ2v) is 4.73. The van der Waals surface area contributed by atoms with E-state index in [1.807, 2.05) is 36.4 Å². The van der Waals surface area contributed by atoms with E-state index in [-0.39, 0.29) is 5.78 Å². The average Bonchev–Trinajstić information content (AvgIpc) is 2.56. The third-order valence-electron chi connectivity index (χ3n) is 3.49. The number of nitriles is 1. The summed E-state index contributed by atoms with van der Waals surface area (Å²) in [6.07, 6.45) is 3.19. The van der Waals surface area contributed by atoms with Gasteiger partial charge in [0.1, 0.15) is 5.92 Å². The van der Waals surface area contributed by atoms with Crippen molar-refractivity contribution in [2.24, 2.45) is 0 Å². The predicted octanol–water partition coefficient (Wildman–Crippen LogP) is 3.72. The minimum atomic E-state index is -0.807. The van der Waals surface area contributed by atoms with Crippen LogP contribution in [0.3, 0.4) is 0 Å². The van der Waals surface area contributed by atoms with Crippen LogP contribution in [0.2, 0.25) is 0 Å². The van der Waals surface area contributed by atoms with Crippen LogP contribution in [0.4, 0.5) is 0 Å². The SMILES string of the molecule is N#CC(C(=O)c1cccc2ccccc12)c1ccncc1. The molecule has 1 unspecified atom stereocenters. The molecule has 0 N–H and O–H groups in total. The van der Waals surface area contributed by atoms with Gasteiger partial charge in [0.2, 0.25) is 0 Å². The fraction of sp³-hybridized carbons (Fsp3) is 0.0556. The van der Waals surface area contributed by atoms with Crippen molar-refractivity contribution in [2.75, 3.05) is 0 Å². The molecule has 100 valence electrons. The normalized spacial score (nSPS) is 11.8. The van der Waals surface area contributed by atoms with Crippen LogP contribution >= 0.6 is 0 Å². The molecule has 0 aliphatic heterocycles. The van der Waals surface area contributed by atoms with Crippen LogP contribution in [0.15, 0.2) is 67.0 Å². The Morgan fingerprint density at radius 2 is 1.71 bits per heavy atom. The maximum atomic E-state index is 12.7. The first-order chi connectivity index (χ1) is 10.3. The third-order valence-corrected chi connectivity index (χ3v) is 3.49. The van der Waals surface area contributed by atoms with E-state index < -0.39 is 5.92 Å². The fourth-order valence-electron chi connectivity index (χ4n) is 2.44. The minimum absolute atomic E-state index is 0.180. The highest BCUT2D eigenvalue weighted by molar-refractivity contribution is 6.11. The van der Waals surface area contributed by atoms with E-state index in [4.69, 9.17) is 0 Å². The Kier molecular flexibility index (Phi) is 3.44. The molecule has 3 aromatic rings. The van der Waals surface area contributed by atoms with Crippen LogP contribution in [0.25, 0.3) is 10.8 Å². The summed E-state index contributed by atoms with van der Waals surface area (Å²) in [6, 6.07) is 18.8. The molecular formula is C18H12N2O. The maximum Gasteiger partial charge on any atom is 0.185 e. The van der Waals surface area contributed by atoms with Gasteiger partial charge in [-0.05, 0) is 28.5 Å². The number of aromatic nitrogens is 1. The molecule has 0 radical (unpaired) electrons. The van der Waals surface area contributed by atoms with Crippen molar-refractivity contribution >= 4 is 16.6 Å². The monoisotopic (exact) mass is 272 g/mol. The number of ketones is 1. The van der Waals surface area contributed by atoms with Crippen molar-refractivity contribution in [3.8, 4) is 6.07 Å². The largest absolute Gasteiger partial charge is 0.292 e. The summed E-state index contributed by atoms with van der Waals surface area (Å²) < 4.78 is 0. The summed E-state index contributed by atoms with van der Waals surface area (Å²) in [5.41, 5.74) is 1.25. The van der Waals surface area contributed by atoms with Crippen molar-refractivity contribution < 1.29 is 4.79 Å². The Bertz CT molecular complexity index is 829. The van der Waals surface area contributed by atoms with Gasteiger partial charge in [-0.1, -0.05) is 42.5 Å². The van der Waals surface area contributed by atoms with E-state index >= 15 is 0 Å². The quantitative estimate of drug-likeness (QED) is 0.683. The molecule has 0 spiro atoms. The topological polar surface area (TPSA) is 53.8 Å². The molecule has 0 amide bonds. The van der Waals surface area contributed by atoms with Gasteiger partial charge in [0, 0.05) is 18.0 Å². The highest BCUT2D eigenvalue weighted by atomic mass is 16.1. The van der Waals surface area contributed by atoms with Gasteiger partial charge in [-0.25, -0.2) is 0 Å². The zero-order chi connectivity index (χ0) is 14.7. The molecule has 2 aromatic carbocycles. The highest BCUT2D eigenvalue weighted by Crippen LogP contribution is 2.25. The van der Waals surface area contributed by atoms with Crippen molar-refractivity contribution in [2.45, 2.75) is 5.92 Å². The van der Waals surface area contributed by atoms with E-state index in [1.165, 1.54) is 0 Å². The van der Waals surface area contributed by atoms with E-state index in [0.29, 0.717) is 11.1 Å². The first kappa shape index (κ1) is 13.0. The predicted molar refractivity (Wildman–Crippen MR) is 80.9 cm³/mol. The summed E-state index contributed by atoms with van der Waals surface area (Å²) >= 11 is 0. The molecule has 0 fully saturated rings. The number of fused-ring (bicyclic) bond motifs is 1. The number of rotatable bonds is 3. The van der Waals surface area contributed by atoms with Gasteiger partial charge >= 0.3 is 0 Å². The molecular weight excluding hydrogens is 260 g/mol. The molecule has 0 aliphatic carbocycles. The Balaban J connectivity index is 2.10. The number of hydrogen-bond acceptors (Lipinski definition) is 3. The number of Topliss-reactive ketones (excluding diaryl/α,β-unsaturated/α-hetero) is 1. The lowest BCUT2D eigenvalue weighted by atomic mass is 9.90. The highest BCUT2D eigenvalue weighted by Gasteiger charge is 2.23. The Hall–Kier alpha value is -2.99. The van der Waals surface area contributed by atoms with Gasteiger partial charge in [-0.3, -0.25) is 9.78 Å². The van der Waals surface area contributed by atoms with E-state index in [2.05, 4.69) is 11.1 Å². The maximum absolute atomic E-state index is 12.7. The second kappa shape index (κ2) is 5.56. The lowest BCUT2D eigenvalue weighted by molar-refractivity contribution is 0.0980. The lowest BCUT2D eigenvalue weighted by Gasteiger charge is -2.10. The summed E-state index contributed by atoms with van der Waals surface area (Å²) in [6.45, 7) is 0. The van der Waals surface area contributed by atoms with Gasteiger partial charge in [-0.2, -0.15) is 5.26 Å². The molecule has 3 rings (SSSR count). The fourth-order valence-corrected chi connectivity index (χ4v) is 2.44. The molecule has 1 aromatic heterocycles. The van der Waals surface area contributed by atoms with E-state index in [1.54, 1.807) is 30.6 Å². The molecule has 21 heavy (non-hydrogen) atoms. The molecule has 0 bridgehead atoms. The van der Waals surface area contributed by atoms with Crippen molar-refractivity contribution in [3.63, 3.8) is 0 Å². The second-order valence-electron chi connectivity index (χ2n) is 4.73. The zero-order valence-corrected chi connectivity index (χ0v) is 11.2. The number of carbonyl (C=O) groups excluding carboxylic acids is 1. The summed E-state index contributed by atoms with van der Waals surface area (Å²) in [7, 11) is 0. The number of hydrogen-bond donors (Lipinski definition) is 0. The summed E-state index contributed by atoms with van der Waals surface area (Å²) in [5.74, 6) is -0.987. The average molecular weight is 272 g/mol. The van der Waals surface area contributed by atoms with Crippen LogP contribution in [0.1, 0.15) is 21.8 Å². The van der Waals surface area contributed by atoms with Crippen LogP contribution in [-0.2, 0) is 0 Å². The van der Waals surface area contributed by atoms with Crippen molar-refractivity contribution in [1.29, 1.82) is 5.26 Å². The molecule has 1 atom stereocenters. The van der Waals surface area contributed by atoms with Crippen LogP contribution in [-0.4, -0.2) is 10.8 Å². The van der Waals surface area contributed by atoms with E-state index in [9.17, 15) is 10.1 Å². The number of nitrogens with zero attached hydrogens (tertiary/aromatic N) is 2. The van der Waals surface area contributed by atoms with Crippen molar-refractivity contribution in [3.05, 3.63) is 78.1 Å². The third kappa shape index (κ3) is 2.39. The van der Waals surface area contributed by atoms with Gasteiger partial charge in [0.25, 0.3) is 0 Å². The van der Waals surface area contributed by atoms with Gasteiger partial charge < -0.3 is 0 Å². The molecule has 1 heterocycles. The first-order valence-electron chi connectivity index (χ1n) is 6.63. The van der Waals surface area contributed by atoms with Crippen molar-refractivity contribution in [1.82, 2.24) is 4.98 Å². The first-order valence-corrected chi connectivity index (χ1v) is 6.63. The minimum Gasteiger partial charge on any atom is -0.292 e. The molecule has 0 saturated carbocycles. The molecule has 3 heteroatoms. The number of carbonyl (C=O) groups is 1. The number of pyridine rings is 1. The van der Waals surface area contributed by atoms with Gasteiger partial charge in [0.05, 0.1) is 6.07 Å². The summed E-state index contributed by atoms with van der Waals surface area (Å²) in [4.78, 5) is 16.7. The smallest absolute Gasteiger partial charge is 0.185 e. The Morgan fingerprint density at radius 3 is 2.48 bits per heavy atom. The van der Waals surface area contributed by atoms with Crippen LogP contribution in [0, 0.1) is 11.3 Å². The number of benzene rings is 2. The van der Waals surface area contributed by atoms with Gasteiger partial charge in [-0.15, -0.1) is 0 Å². The van der Waals surface area contributed by atoms with E-state index in [0.717, 1.165) is 10.8 Å². The summed E-state index contributed by atoms with van der Waals surface area (Å²) in [5, 5.41) is 11.3. The zero-order valence-electron chi connectivity index (χ0n) is 11.2. The Labute approximate surface area is 122 Å². The van der Waals surface area contributed by atoms with Gasteiger partial charge in [0.15, 0.2) is 5.78 Å². The molecule has 0 saturated heterocycles. The lowest BCUT2D eigenvalue weighted by Crippen LogP contribution is -2.11. The van der Waals surface area contributed by atoms with Crippen LogP contribution in [0.5, 0.6) is 0 Å². The molecule has 0 aliphatic rings. The standard InChI is InChI=1S/C18H12N2O/c19-12-17(14-8-10-20-11-9-14)18(21)16-7-3-5-13-4-1-2-6-15(13)16/h1-11,17H. The van der Waals surface area contributed by atoms with Crippen LogP contribution < -0.4 is 0 Å².